The molecule has 0 aliphatic rings. The summed E-state index contributed by atoms with van der Waals surface area (Å²) in [5, 5.41) is 0. The van der Waals surface area contributed by atoms with E-state index in [1.165, 1.54) is 11.1 Å². The fraction of sp³-hybridized carbons (Fsp3) is 0.300. The van der Waals surface area contributed by atoms with E-state index in [1.54, 1.807) is 0 Å². The van der Waals surface area contributed by atoms with Gasteiger partial charge in [0.25, 0.3) is 0 Å². The first-order valence-corrected chi connectivity index (χ1v) is 4.75. The topological polar surface area (TPSA) is 17.3 Å². The maximum absolute atomic E-state index is 5.71. The second-order valence-corrected chi connectivity index (χ2v) is 3.56. The van der Waals surface area contributed by atoms with Gasteiger partial charge in [0.15, 0.2) is 0 Å². The van der Waals surface area contributed by atoms with Gasteiger partial charge in [0.1, 0.15) is 5.65 Å². The van der Waals surface area contributed by atoms with E-state index in [9.17, 15) is 0 Å². The minimum absolute atomic E-state index is 0.472. The first-order valence-electron chi connectivity index (χ1n) is 4.21. The molecule has 0 fully saturated rings. The lowest BCUT2D eigenvalue weighted by molar-refractivity contribution is 1.13. The SMILES string of the molecule is Cc1cc(C)c2nc(CCl)cn2c1. The Bertz CT molecular complexity index is 445. The van der Waals surface area contributed by atoms with Crippen molar-refractivity contribution in [2.45, 2.75) is 19.7 Å². The van der Waals surface area contributed by atoms with Gasteiger partial charge in [-0.2, -0.15) is 0 Å². The highest BCUT2D eigenvalue weighted by Gasteiger charge is 2.03. The van der Waals surface area contributed by atoms with Gasteiger partial charge in [0.05, 0.1) is 11.6 Å². The van der Waals surface area contributed by atoms with E-state index >= 15 is 0 Å². The monoisotopic (exact) mass is 194 g/mol. The van der Waals surface area contributed by atoms with E-state index in [0.717, 1.165) is 11.3 Å². The van der Waals surface area contributed by atoms with Gasteiger partial charge in [0.2, 0.25) is 0 Å². The van der Waals surface area contributed by atoms with Gasteiger partial charge in [-0.25, -0.2) is 4.98 Å². The Morgan fingerprint density at radius 3 is 2.85 bits per heavy atom. The van der Waals surface area contributed by atoms with Crippen molar-refractivity contribution in [3.05, 3.63) is 35.3 Å². The Balaban J connectivity index is 2.75. The number of nitrogens with zero attached hydrogens (tertiary/aromatic N) is 2. The number of hydrogen-bond acceptors (Lipinski definition) is 1. The van der Waals surface area contributed by atoms with Crippen LogP contribution in [0.2, 0.25) is 0 Å². The zero-order chi connectivity index (χ0) is 9.42. The van der Waals surface area contributed by atoms with Crippen LogP contribution in [-0.4, -0.2) is 9.38 Å². The molecule has 2 nitrogen and oxygen atoms in total. The molecule has 3 heteroatoms. The third kappa shape index (κ3) is 1.42. The van der Waals surface area contributed by atoms with Crippen molar-refractivity contribution < 1.29 is 0 Å². The molecular formula is C10H11ClN2. The summed E-state index contributed by atoms with van der Waals surface area (Å²) in [6.07, 6.45) is 4.04. The van der Waals surface area contributed by atoms with Crippen molar-refractivity contribution in [3.8, 4) is 0 Å². The van der Waals surface area contributed by atoms with E-state index in [4.69, 9.17) is 11.6 Å². The van der Waals surface area contributed by atoms with Crippen LogP contribution in [0, 0.1) is 13.8 Å². The Morgan fingerprint density at radius 2 is 2.15 bits per heavy atom. The molecule has 0 radical (unpaired) electrons. The summed E-state index contributed by atoms with van der Waals surface area (Å²) in [4.78, 5) is 4.40. The molecule has 68 valence electrons. The first-order chi connectivity index (χ1) is 6.20. The van der Waals surface area contributed by atoms with Crippen LogP contribution in [0.3, 0.4) is 0 Å². The van der Waals surface area contributed by atoms with Crippen LogP contribution in [0.4, 0.5) is 0 Å². The summed E-state index contributed by atoms with van der Waals surface area (Å²) in [5.41, 5.74) is 4.36. The first kappa shape index (κ1) is 8.57. The van der Waals surface area contributed by atoms with Crippen LogP contribution in [0.25, 0.3) is 5.65 Å². The van der Waals surface area contributed by atoms with Gasteiger partial charge in [-0.05, 0) is 25.0 Å². The normalized spacial score (nSPS) is 11.0. The number of aromatic nitrogens is 2. The highest BCUT2D eigenvalue weighted by Crippen LogP contribution is 2.13. The number of aryl methyl sites for hydroxylation is 2. The molecule has 0 spiro atoms. The maximum atomic E-state index is 5.71. The molecule has 0 saturated carbocycles. The van der Waals surface area contributed by atoms with E-state index in [0.29, 0.717) is 5.88 Å². The molecule has 2 heterocycles. The number of rotatable bonds is 1. The predicted octanol–water partition coefficient (Wildman–Crippen LogP) is 2.69. The summed E-state index contributed by atoms with van der Waals surface area (Å²) in [6.45, 7) is 4.14. The van der Waals surface area contributed by atoms with E-state index in [2.05, 4.69) is 31.1 Å². The molecule has 2 rings (SSSR count). The molecule has 0 atom stereocenters. The molecule has 0 aliphatic heterocycles. The Kier molecular flexibility index (Phi) is 2.00. The lowest BCUT2D eigenvalue weighted by Gasteiger charge is -1.98. The summed E-state index contributed by atoms with van der Waals surface area (Å²) in [5.74, 6) is 0.472. The molecule has 0 saturated heterocycles. The lowest BCUT2D eigenvalue weighted by atomic mass is 10.2. The number of alkyl halides is 1. The largest absolute Gasteiger partial charge is 0.306 e. The summed E-state index contributed by atoms with van der Waals surface area (Å²) >= 11 is 5.71. The van der Waals surface area contributed by atoms with Crippen molar-refractivity contribution in [3.63, 3.8) is 0 Å². The van der Waals surface area contributed by atoms with Gasteiger partial charge in [-0.1, -0.05) is 6.07 Å². The minimum Gasteiger partial charge on any atom is -0.306 e. The Labute approximate surface area is 82.2 Å². The highest BCUT2D eigenvalue weighted by atomic mass is 35.5. The molecule has 0 amide bonds. The molecule has 0 unspecified atom stereocenters. The van der Waals surface area contributed by atoms with Crippen LogP contribution in [-0.2, 0) is 5.88 Å². The van der Waals surface area contributed by atoms with Gasteiger partial charge < -0.3 is 4.40 Å². The van der Waals surface area contributed by atoms with Gasteiger partial charge in [0, 0.05) is 12.4 Å². The third-order valence-electron chi connectivity index (χ3n) is 2.06. The maximum Gasteiger partial charge on any atom is 0.139 e. The van der Waals surface area contributed by atoms with Crippen LogP contribution < -0.4 is 0 Å². The van der Waals surface area contributed by atoms with Gasteiger partial charge >= 0.3 is 0 Å². The minimum atomic E-state index is 0.472. The third-order valence-corrected chi connectivity index (χ3v) is 2.33. The smallest absolute Gasteiger partial charge is 0.139 e. The van der Waals surface area contributed by atoms with Crippen LogP contribution in [0.1, 0.15) is 16.8 Å². The fourth-order valence-corrected chi connectivity index (χ4v) is 1.69. The van der Waals surface area contributed by atoms with E-state index in [1.807, 2.05) is 10.6 Å². The van der Waals surface area contributed by atoms with E-state index in [-0.39, 0.29) is 0 Å². The molecule has 0 aromatic carbocycles. The summed E-state index contributed by atoms with van der Waals surface area (Å²) < 4.78 is 2.03. The van der Waals surface area contributed by atoms with Crippen LogP contribution >= 0.6 is 11.6 Å². The van der Waals surface area contributed by atoms with Crippen molar-refractivity contribution in [2.75, 3.05) is 0 Å². The average molecular weight is 195 g/mol. The van der Waals surface area contributed by atoms with Crippen molar-refractivity contribution in [2.24, 2.45) is 0 Å². The second-order valence-electron chi connectivity index (χ2n) is 3.30. The van der Waals surface area contributed by atoms with Gasteiger partial charge in [-0.15, -0.1) is 11.6 Å². The average Bonchev–Trinajstić information content (AvgIpc) is 2.47. The number of imidazole rings is 1. The fourth-order valence-electron chi connectivity index (χ4n) is 1.56. The highest BCUT2D eigenvalue weighted by molar-refractivity contribution is 6.16. The predicted molar refractivity (Wildman–Crippen MR) is 54.2 cm³/mol. The van der Waals surface area contributed by atoms with Crippen LogP contribution in [0.5, 0.6) is 0 Å². The molecule has 13 heavy (non-hydrogen) atoms. The standard InChI is InChI=1S/C10H11ClN2/c1-7-3-8(2)10-12-9(4-11)6-13(10)5-7/h3,5-6H,4H2,1-2H3. The molecular weight excluding hydrogens is 184 g/mol. The lowest BCUT2D eigenvalue weighted by Crippen LogP contribution is -1.88. The Hall–Kier alpha value is -1.02. The zero-order valence-electron chi connectivity index (χ0n) is 7.71. The molecule has 2 aromatic heterocycles. The molecule has 0 bridgehead atoms. The number of halogens is 1. The van der Waals surface area contributed by atoms with E-state index < -0.39 is 0 Å². The molecule has 0 N–H and O–H groups in total. The second kappa shape index (κ2) is 3.04. The summed E-state index contributed by atoms with van der Waals surface area (Å²) in [7, 11) is 0. The summed E-state index contributed by atoms with van der Waals surface area (Å²) in [6, 6.07) is 2.13. The quantitative estimate of drug-likeness (QED) is 0.638. The number of hydrogen-bond donors (Lipinski definition) is 0. The van der Waals surface area contributed by atoms with Crippen molar-refractivity contribution in [1.29, 1.82) is 0 Å². The zero-order valence-corrected chi connectivity index (χ0v) is 8.47. The van der Waals surface area contributed by atoms with Gasteiger partial charge in [-0.3, -0.25) is 0 Å². The van der Waals surface area contributed by atoms with Crippen molar-refractivity contribution >= 4 is 17.2 Å². The van der Waals surface area contributed by atoms with Crippen molar-refractivity contribution in [1.82, 2.24) is 9.38 Å². The molecule has 2 aromatic rings. The number of pyridine rings is 1. The molecule has 0 aliphatic carbocycles. The Morgan fingerprint density at radius 1 is 1.38 bits per heavy atom. The number of fused-ring (bicyclic) bond motifs is 1. The van der Waals surface area contributed by atoms with Crippen LogP contribution in [0.15, 0.2) is 18.5 Å².